The Morgan fingerprint density at radius 2 is 2.21 bits per heavy atom. The highest BCUT2D eigenvalue weighted by Gasteiger charge is 2.44. The number of imide groups is 1. The molecule has 1 aliphatic heterocycles. The van der Waals surface area contributed by atoms with Gasteiger partial charge in [-0.2, -0.15) is 0 Å². The zero-order chi connectivity index (χ0) is 14.4. The van der Waals surface area contributed by atoms with Crippen LogP contribution in [0.4, 0.5) is 0 Å². The minimum absolute atomic E-state index is 0.0955. The number of hydrogen-bond donors (Lipinski definition) is 1. The summed E-state index contributed by atoms with van der Waals surface area (Å²) in [6.07, 6.45) is 5.89. The number of ether oxygens (including phenoxy) is 1. The smallest absolute Gasteiger partial charge is 0.330 e. The summed E-state index contributed by atoms with van der Waals surface area (Å²) < 4.78 is 4.43. The number of esters is 1. The third-order valence-electron chi connectivity index (χ3n) is 3.16. The van der Waals surface area contributed by atoms with Crippen LogP contribution in [0.5, 0.6) is 0 Å². The zero-order valence-electron chi connectivity index (χ0n) is 11.2. The minimum atomic E-state index is -0.359. The number of carbonyl (C=O) groups excluding carboxylic acids is 3. The van der Waals surface area contributed by atoms with E-state index in [4.69, 9.17) is 0 Å². The Balaban J connectivity index is 0.000000224. The van der Waals surface area contributed by atoms with Crippen LogP contribution in [-0.4, -0.2) is 24.4 Å². The lowest BCUT2D eigenvalue weighted by Crippen LogP contribution is -2.26. The van der Waals surface area contributed by atoms with E-state index >= 15 is 0 Å². The van der Waals surface area contributed by atoms with Crippen LogP contribution in [0.2, 0.25) is 0 Å². The van der Waals surface area contributed by atoms with Gasteiger partial charge in [0.25, 0.3) is 0 Å². The molecule has 0 spiro atoms. The van der Waals surface area contributed by atoms with E-state index in [0.717, 1.165) is 12.5 Å². The number of hydrogen-bond acceptors (Lipinski definition) is 4. The van der Waals surface area contributed by atoms with E-state index in [9.17, 15) is 14.4 Å². The van der Waals surface area contributed by atoms with Gasteiger partial charge in [0.15, 0.2) is 0 Å². The first-order chi connectivity index (χ1) is 9.01. The Labute approximate surface area is 112 Å². The van der Waals surface area contributed by atoms with E-state index in [2.05, 4.69) is 16.6 Å². The third-order valence-corrected chi connectivity index (χ3v) is 3.16. The van der Waals surface area contributed by atoms with Gasteiger partial charge in [0.2, 0.25) is 11.8 Å². The van der Waals surface area contributed by atoms with Crippen molar-refractivity contribution >= 4 is 17.8 Å². The van der Waals surface area contributed by atoms with Crippen molar-refractivity contribution < 1.29 is 19.1 Å². The van der Waals surface area contributed by atoms with Gasteiger partial charge in [-0.3, -0.25) is 14.9 Å². The van der Waals surface area contributed by atoms with E-state index in [-0.39, 0.29) is 29.6 Å². The largest absolute Gasteiger partial charge is 0.463 e. The molecule has 1 N–H and O–H groups in total. The topological polar surface area (TPSA) is 72.5 Å². The molecule has 0 saturated carbocycles. The van der Waals surface area contributed by atoms with Crippen LogP contribution in [0.1, 0.15) is 20.3 Å². The summed E-state index contributed by atoms with van der Waals surface area (Å²) in [4.78, 5) is 32.5. The molecule has 0 aromatic heterocycles. The van der Waals surface area contributed by atoms with Gasteiger partial charge in [0.05, 0.1) is 18.4 Å². The van der Waals surface area contributed by atoms with Crippen LogP contribution >= 0.6 is 0 Å². The van der Waals surface area contributed by atoms with Crippen LogP contribution in [-0.2, 0) is 19.1 Å². The van der Waals surface area contributed by atoms with E-state index < -0.39 is 0 Å². The molecule has 0 bridgehead atoms. The molecule has 0 aromatic carbocycles. The maximum atomic E-state index is 11.3. The Kier molecular flexibility index (Phi) is 5.48. The van der Waals surface area contributed by atoms with E-state index in [1.807, 2.05) is 19.1 Å². The highest BCUT2D eigenvalue weighted by Crippen LogP contribution is 2.33. The van der Waals surface area contributed by atoms with Gasteiger partial charge in [0, 0.05) is 6.08 Å². The molecular formula is C14H19NO4. The lowest BCUT2D eigenvalue weighted by molar-refractivity contribution is -0.137. The maximum Gasteiger partial charge on any atom is 0.330 e. The molecule has 104 valence electrons. The summed E-state index contributed by atoms with van der Waals surface area (Å²) in [5.74, 6) is -0.590. The zero-order valence-corrected chi connectivity index (χ0v) is 11.2. The van der Waals surface area contributed by atoms with E-state index in [1.165, 1.54) is 0 Å². The lowest BCUT2D eigenvalue weighted by Gasteiger charge is -2.22. The molecule has 3 atom stereocenters. The van der Waals surface area contributed by atoms with E-state index in [1.54, 1.807) is 6.92 Å². The van der Waals surface area contributed by atoms with Gasteiger partial charge in [-0.05, 0) is 19.3 Å². The number of carbonyl (C=O) groups is 3. The van der Waals surface area contributed by atoms with Crippen molar-refractivity contribution in [3.8, 4) is 0 Å². The number of rotatable bonds is 2. The predicted molar refractivity (Wildman–Crippen MR) is 69.9 cm³/mol. The third kappa shape index (κ3) is 3.77. The lowest BCUT2D eigenvalue weighted by atomic mass is 9.78. The monoisotopic (exact) mass is 265 g/mol. The highest BCUT2D eigenvalue weighted by molar-refractivity contribution is 6.06. The highest BCUT2D eigenvalue weighted by atomic mass is 16.5. The standard InChI is InChI=1S/C9H11NO2.C5H8O2/c1-5-3-2-4-6-7(5)9(12)10-8(6)11;1-3-5(6)7-4-2/h2,4-7H,3H2,1H3,(H,10,11,12);3H,1,4H2,2H3. The molecule has 2 amide bonds. The molecule has 0 aromatic rings. The molecule has 0 radical (unpaired) electrons. The second-order valence-electron chi connectivity index (χ2n) is 4.50. The molecule has 1 saturated heterocycles. The Hall–Kier alpha value is -1.91. The number of fused-ring (bicyclic) bond motifs is 1. The molecule has 3 unspecified atom stereocenters. The van der Waals surface area contributed by atoms with Gasteiger partial charge in [-0.15, -0.1) is 0 Å². The quantitative estimate of drug-likeness (QED) is 0.352. The van der Waals surface area contributed by atoms with Crippen molar-refractivity contribution in [3.05, 3.63) is 24.8 Å². The maximum absolute atomic E-state index is 11.3. The summed E-state index contributed by atoms with van der Waals surface area (Å²) in [5, 5.41) is 2.36. The van der Waals surface area contributed by atoms with Gasteiger partial charge in [0.1, 0.15) is 0 Å². The fourth-order valence-corrected chi connectivity index (χ4v) is 2.22. The molecule has 2 aliphatic rings. The summed E-state index contributed by atoms with van der Waals surface area (Å²) in [6, 6.07) is 0. The van der Waals surface area contributed by atoms with Crippen molar-refractivity contribution in [2.45, 2.75) is 20.3 Å². The molecule has 1 fully saturated rings. The second kappa shape index (κ2) is 6.87. The first kappa shape index (κ1) is 15.1. The number of nitrogens with one attached hydrogen (secondary N) is 1. The van der Waals surface area contributed by atoms with Crippen LogP contribution in [0, 0.1) is 17.8 Å². The fourth-order valence-electron chi connectivity index (χ4n) is 2.22. The van der Waals surface area contributed by atoms with Crippen LogP contribution in [0.25, 0.3) is 0 Å². The van der Waals surface area contributed by atoms with Crippen molar-refractivity contribution in [2.75, 3.05) is 6.61 Å². The summed E-state index contributed by atoms with van der Waals surface area (Å²) in [5.41, 5.74) is 0. The van der Waals surface area contributed by atoms with Crippen molar-refractivity contribution in [2.24, 2.45) is 17.8 Å². The molecule has 1 heterocycles. The SMILES string of the molecule is C=CC(=O)OCC.CC1CC=CC2C(=O)NC(=O)C12. The summed E-state index contributed by atoms with van der Waals surface area (Å²) in [6.45, 7) is 7.39. The van der Waals surface area contributed by atoms with Gasteiger partial charge in [-0.1, -0.05) is 25.7 Å². The number of amides is 2. The van der Waals surface area contributed by atoms with Gasteiger partial charge >= 0.3 is 5.97 Å². The second-order valence-corrected chi connectivity index (χ2v) is 4.50. The first-order valence-electron chi connectivity index (χ1n) is 6.31. The van der Waals surface area contributed by atoms with Crippen LogP contribution in [0.3, 0.4) is 0 Å². The van der Waals surface area contributed by atoms with E-state index in [0.29, 0.717) is 12.5 Å². The Bertz CT molecular complexity index is 414. The first-order valence-corrected chi connectivity index (χ1v) is 6.31. The molecule has 5 heteroatoms. The Morgan fingerprint density at radius 1 is 1.53 bits per heavy atom. The van der Waals surface area contributed by atoms with Crippen LogP contribution < -0.4 is 5.32 Å². The van der Waals surface area contributed by atoms with Crippen molar-refractivity contribution in [1.82, 2.24) is 5.32 Å². The molecule has 2 rings (SSSR count). The van der Waals surface area contributed by atoms with Crippen LogP contribution in [0.15, 0.2) is 24.8 Å². The average Bonchev–Trinajstić information content (AvgIpc) is 2.67. The summed E-state index contributed by atoms with van der Waals surface area (Å²) in [7, 11) is 0. The molecule has 19 heavy (non-hydrogen) atoms. The molecule has 5 nitrogen and oxygen atoms in total. The van der Waals surface area contributed by atoms with Crippen molar-refractivity contribution in [3.63, 3.8) is 0 Å². The molecular weight excluding hydrogens is 246 g/mol. The van der Waals surface area contributed by atoms with Gasteiger partial charge in [-0.25, -0.2) is 4.79 Å². The van der Waals surface area contributed by atoms with Gasteiger partial charge < -0.3 is 4.74 Å². The average molecular weight is 265 g/mol. The fraction of sp³-hybridized carbons (Fsp3) is 0.500. The van der Waals surface area contributed by atoms with Crippen molar-refractivity contribution in [1.29, 1.82) is 0 Å². The Morgan fingerprint density at radius 3 is 2.68 bits per heavy atom. The normalized spacial score (nSPS) is 27.8. The minimum Gasteiger partial charge on any atom is -0.463 e. The number of allylic oxidation sites excluding steroid dienone is 1. The predicted octanol–water partition coefficient (Wildman–Crippen LogP) is 1.21. The molecule has 1 aliphatic carbocycles. The summed E-state index contributed by atoms with van der Waals surface area (Å²) >= 11 is 0.